The summed E-state index contributed by atoms with van der Waals surface area (Å²) in [6.45, 7) is 3.85. The zero-order valence-corrected chi connectivity index (χ0v) is 7.36. The quantitative estimate of drug-likeness (QED) is 0.650. The highest BCUT2D eigenvalue weighted by Gasteiger charge is 2.19. The van der Waals surface area contributed by atoms with Crippen LogP contribution in [0.3, 0.4) is 0 Å². The van der Waals surface area contributed by atoms with Crippen molar-refractivity contribution in [1.82, 2.24) is 5.32 Å². The van der Waals surface area contributed by atoms with Crippen molar-refractivity contribution in [1.29, 1.82) is 0 Å². The van der Waals surface area contributed by atoms with Gasteiger partial charge in [-0.1, -0.05) is 0 Å². The molecule has 1 aliphatic heterocycles. The van der Waals surface area contributed by atoms with Gasteiger partial charge in [-0.05, 0) is 31.7 Å². The van der Waals surface area contributed by atoms with Crippen molar-refractivity contribution in [3.05, 3.63) is 0 Å². The van der Waals surface area contributed by atoms with E-state index in [0.29, 0.717) is 5.92 Å². The van der Waals surface area contributed by atoms with E-state index in [0.717, 1.165) is 18.8 Å². The minimum atomic E-state index is -0.706. The molecule has 0 aromatic heterocycles. The third-order valence-electron chi connectivity index (χ3n) is 1.80. The van der Waals surface area contributed by atoms with Crippen LogP contribution in [0.1, 0.15) is 6.92 Å². The standard InChI is InChI=1S/C7H13NO2S/c1-5(7(9)10)11-4-6-2-8-3-6/h5-6,8H,2-4H2,1H3,(H,9,10). The third kappa shape index (κ3) is 2.71. The van der Waals surface area contributed by atoms with E-state index in [4.69, 9.17) is 5.11 Å². The van der Waals surface area contributed by atoms with Crippen molar-refractivity contribution in [3.63, 3.8) is 0 Å². The number of nitrogens with one attached hydrogen (secondary N) is 1. The van der Waals surface area contributed by atoms with Gasteiger partial charge in [0.2, 0.25) is 0 Å². The molecule has 0 radical (unpaired) electrons. The summed E-state index contributed by atoms with van der Waals surface area (Å²) in [6, 6.07) is 0. The third-order valence-corrected chi connectivity index (χ3v) is 3.16. The monoisotopic (exact) mass is 175 g/mol. The van der Waals surface area contributed by atoms with E-state index < -0.39 is 5.97 Å². The Balaban J connectivity index is 2.05. The Labute approximate surface area is 70.6 Å². The lowest BCUT2D eigenvalue weighted by Gasteiger charge is -2.27. The first-order valence-electron chi connectivity index (χ1n) is 3.75. The van der Waals surface area contributed by atoms with E-state index in [1.165, 1.54) is 11.8 Å². The summed E-state index contributed by atoms with van der Waals surface area (Å²) in [5.41, 5.74) is 0. The zero-order chi connectivity index (χ0) is 8.27. The van der Waals surface area contributed by atoms with Crippen LogP contribution in [-0.2, 0) is 4.79 Å². The minimum absolute atomic E-state index is 0.254. The Morgan fingerprint density at radius 2 is 2.45 bits per heavy atom. The van der Waals surface area contributed by atoms with Gasteiger partial charge < -0.3 is 10.4 Å². The van der Waals surface area contributed by atoms with E-state index in [9.17, 15) is 4.79 Å². The fourth-order valence-corrected chi connectivity index (χ4v) is 1.76. The summed E-state index contributed by atoms with van der Waals surface area (Å²) < 4.78 is 0. The molecule has 2 N–H and O–H groups in total. The summed E-state index contributed by atoms with van der Waals surface area (Å²) in [5, 5.41) is 11.4. The summed E-state index contributed by atoms with van der Waals surface area (Å²) in [7, 11) is 0. The molecular formula is C7H13NO2S. The summed E-state index contributed by atoms with van der Waals surface area (Å²) in [6.07, 6.45) is 0. The average Bonchev–Trinajstić information content (AvgIpc) is 1.83. The molecule has 0 saturated carbocycles. The van der Waals surface area contributed by atoms with Gasteiger partial charge in [0.1, 0.15) is 0 Å². The summed E-state index contributed by atoms with van der Waals surface area (Å²) in [4.78, 5) is 10.4. The van der Waals surface area contributed by atoms with E-state index in [1.54, 1.807) is 6.92 Å². The molecule has 1 atom stereocenters. The second-order valence-electron chi connectivity index (χ2n) is 2.84. The first-order chi connectivity index (χ1) is 5.20. The molecule has 1 aliphatic rings. The lowest BCUT2D eigenvalue weighted by Crippen LogP contribution is -2.43. The molecule has 0 aromatic rings. The normalized spacial score (nSPS) is 20.8. The average molecular weight is 175 g/mol. The molecule has 1 fully saturated rings. The molecule has 1 saturated heterocycles. The lowest BCUT2D eigenvalue weighted by atomic mass is 10.1. The fraction of sp³-hybridized carbons (Fsp3) is 0.857. The maximum atomic E-state index is 10.4. The molecule has 0 spiro atoms. The molecule has 64 valence electrons. The highest BCUT2D eigenvalue weighted by atomic mass is 32.2. The van der Waals surface area contributed by atoms with Crippen molar-refractivity contribution in [3.8, 4) is 0 Å². The maximum absolute atomic E-state index is 10.4. The Bertz CT molecular complexity index is 147. The van der Waals surface area contributed by atoms with Gasteiger partial charge in [-0.25, -0.2) is 0 Å². The van der Waals surface area contributed by atoms with Crippen LogP contribution in [0.5, 0.6) is 0 Å². The predicted molar refractivity (Wildman–Crippen MR) is 45.9 cm³/mol. The van der Waals surface area contributed by atoms with E-state index >= 15 is 0 Å². The van der Waals surface area contributed by atoms with Crippen LogP contribution in [-0.4, -0.2) is 35.2 Å². The van der Waals surface area contributed by atoms with Gasteiger partial charge in [-0.3, -0.25) is 4.79 Å². The second kappa shape index (κ2) is 3.97. The van der Waals surface area contributed by atoms with Crippen LogP contribution in [0.25, 0.3) is 0 Å². The van der Waals surface area contributed by atoms with Gasteiger partial charge in [-0.15, -0.1) is 11.8 Å². The fourth-order valence-electron chi connectivity index (χ4n) is 0.818. The van der Waals surface area contributed by atoms with Crippen LogP contribution in [0.4, 0.5) is 0 Å². The molecular weight excluding hydrogens is 162 g/mol. The Morgan fingerprint density at radius 1 is 1.82 bits per heavy atom. The molecule has 3 nitrogen and oxygen atoms in total. The number of carboxylic acid groups (broad SMARTS) is 1. The van der Waals surface area contributed by atoms with Crippen LogP contribution in [0.15, 0.2) is 0 Å². The zero-order valence-electron chi connectivity index (χ0n) is 6.54. The molecule has 11 heavy (non-hydrogen) atoms. The maximum Gasteiger partial charge on any atom is 0.316 e. The number of rotatable bonds is 4. The topological polar surface area (TPSA) is 49.3 Å². The smallest absolute Gasteiger partial charge is 0.316 e. The number of carboxylic acids is 1. The first-order valence-corrected chi connectivity index (χ1v) is 4.80. The molecule has 0 amide bonds. The highest BCUT2D eigenvalue weighted by Crippen LogP contribution is 2.17. The first kappa shape index (κ1) is 8.87. The second-order valence-corrected chi connectivity index (χ2v) is 4.21. The Hall–Kier alpha value is -0.220. The van der Waals surface area contributed by atoms with Crippen LogP contribution in [0.2, 0.25) is 0 Å². The predicted octanol–water partition coefficient (Wildman–Crippen LogP) is 0.412. The number of thioether (sulfide) groups is 1. The van der Waals surface area contributed by atoms with Crippen molar-refractivity contribution in [2.75, 3.05) is 18.8 Å². The van der Waals surface area contributed by atoms with E-state index in [1.807, 2.05) is 0 Å². The molecule has 0 bridgehead atoms. The van der Waals surface area contributed by atoms with Crippen molar-refractivity contribution < 1.29 is 9.90 Å². The number of aliphatic carboxylic acids is 1. The van der Waals surface area contributed by atoms with Crippen LogP contribution < -0.4 is 5.32 Å². The van der Waals surface area contributed by atoms with Gasteiger partial charge in [0, 0.05) is 0 Å². The molecule has 1 unspecified atom stereocenters. The van der Waals surface area contributed by atoms with Gasteiger partial charge in [0.25, 0.3) is 0 Å². The van der Waals surface area contributed by atoms with Gasteiger partial charge >= 0.3 is 5.97 Å². The molecule has 0 aliphatic carbocycles. The van der Waals surface area contributed by atoms with Gasteiger partial charge in [0.15, 0.2) is 0 Å². The summed E-state index contributed by atoms with van der Waals surface area (Å²) >= 11 is 1.53. The lowest BCUT2D eigenvalue weighted by molar-refractivity contribution is -0.136. The molecule has 4 heteroatoms. The Kier molecular flexibility index (Phi) is 3.20. The van der Waals surface area contributed by atoms with Crippen LogP contribution in [0, 0.1) is 5.92 Å². The molecule has 0 aromatic carbocycles. The summed E-state index contributed by atoms with van der Waals surface area (Å²) in [5.74, 6) is 0.963. The van der Waals surface area contributed by atoms with Crippen LogP contribution >= 0.6 is 11.8 Å². The minimum Gasteiger partial charge on any atom is -0.480 e. The largest absolute Gasteiger partial charge is 0.480 e. The number of carbonyl (C=O) groups is 1. The van der Waals surface area contributed by atoms with E-state index in [2.05, 4.69) is 5.32 Å². The SMILES string of the molecule is CC(SCC1CNC1)C(=O)O. The van der Waals surface area contributed by atoms with Crippen molar-refractivity contribution >= 4 is 17.7 Å². The molecule has 1 rings (SSSR count). The highest BCUT2D eigenvalue weighted by molar-refractivity contribution is 8.00. The van der Waals surface area contributed by atoms with Crippen molar-refractivity contribution in [2.45, 2.75) is 12.2 Å². The Morgan fingerprint density at radius 3 is 2.82 bits per heavy atom. The van der Waals surface area contributed by atoms with Gasteiger partial charge in [0.05, 0.1) is 5.25 Å². The molecule has 1 heterocycles. The number of hydrogen-bond acceptors (Lipinski definition) is 3. The van der Waals surface area contributed by atoms with Gasteiger partial charge in [-0.2, -0.15) is 0 Å². The van der Waals surface area contributed by atoms with E-state index in [-0.39, 0.29) is 5.25 Å². The van der Waals surface area contributed by atoms with Crippen molar-refractivity contribution in [2.24, 2.45) is 5.92 Å². The number of hydrogen-bond donors (Lipinski definition) is 2.